The molecule has 0 spiro atoms. The molecule has 0 amide bonds. The maximum atomic E-state index is 11.5. The molecule has 6 heteroatoms. The second kappa shape index (κ2) is 5.46. The lowest BCUT2D eigenvalue weighted by Crippen LogP contribution is -2.16. The Bertz CT molecular complexity index is 670. The summed E-state index contributed by atoms with van der Waals surface area (Å²) in [6.45, 7) is 0. The molecule has 0 atom stereocenters. The van der Waals surface area contributed by atoms with Crippen molar-refractivity contribution in [2.45, 2.75) is 27.9 Å². The van der Waals surface area contributed by atoms with Gasteiger partial charge >= 0.3 is 10.4 Å². The van der Waals surface area contributed by atoms with Crippen molar-refractivity contribution in [3.05, 3.63) is 60.7 Å². The third kappa shape index (κ3) is 2.98. The van der Waals surface area contributed by atoms with Crippen LogP contribution in [0.25, 0.3) is 0 Å². The quantitative estimate of drug-likeness (QED) is 0.850. The van der Waals surface area contributed by atoms with Gasteiger partial charge in [0, 0.05) is 15.0 Å². The molecule has 1 aliphatic rings. The lowest BCUT2D eigenvalue weighted by molar-refractivity contribution is 0.401. The molecule has 2 aromatic rings. The van der Waals surface area contributed by atoms with E-state index in [9.17, 15) is 13.0 Å². The summed E-state index contributed by atoms with van der Waals surface area (Å²) in [6, 6.07) is 18.6. The Kier molecular flexibility index (Phi) is 3.79. The first-order valence-electron chi connectivity index (χ1n) is 6.63. The first-order chi connectivity index (χ1) is 10.0. The zero-order chi connectivity index (χ0) is 14.9. The lowest BCUT2D eigenvalue weighted by atomic mass is 10.4. The molecule has 0 bridgehead atoms. The van der Waals surface area contributed by atoms with Gasteiger partial charge in [0.15, 0.2) is 0 Å². The largest absolute Gasteiger partial charge is 0.407 e. The summed E-state index contributed by atoms with van der Waals surface area (Å²) in [5, 5.41) is 0.115. The van der Waals surface area contributed by atoms with Crippen LogP contribution in [-0.4, -0.2) is 18.2 Å². The van der Waals surface area contributed by atoms with E-state index < -0.39 is 20.7 Å². The van der Waals surface area contributed by atoms with Crippen LogP contribution in [0.5, 0.6) is 0 Å². The molecular weight excluding hydrogens is 308 g/mol. The predicted molar refractivity (Wildman–Crippen MR) is 82.7 cm³/mol. The van der Waals surface area contributed by atoms with E-state index in [1.165, 1.54) is 0 Å². The van der Waals surface area contributed by atoms with Crippen LogP contribution in [0.2, 0.25) is 0 Å². The summed E-state index contributed by atoms with van der Waals surface area (Å²) in [7, 11) is -6.80. The lowest BCUT2D eigenvalue weighted by Gasteiger charge is -2.38. The van der Waals surface area contributed by atoms with E-state index in [2.05, 4.69) is 0 Å². The average molecular weight is 324 g/mol. The van der Waals surface area contributed by atoms with Crippen LogP contribution < -0.4 is 0 Å². The van der Waals surface area contributed by atoms with Gasteiger partial charge in [-0.1, -0.05) is 46.7 Å². The molecule has 21 heavy (non-hydrogen) atoms. The number of hydrogen-bond acceptors (Lipinski definition) is 3. The number of hydrogen-bond donors (Lipinski definition) is 1. The van der Waals surface area contributed by atoms with E-state index in [0.717, 1.165) is 22.6 Å². The van der Waals surface area contributed by atoms with Gasteiger partial charge in [-0.05, 0) is 37.1 Å². The van der Waals surface area contributed by atoms with Gasteiger partial charge in [-0.2, -0.15) is 12.0 Å². The van der Waals surface area contributed by atoms with E-state index in [-0.39, 0.29) is 5.25 Å². The van der Waals surface area contributed by atoms with Crippen molar-refractivity contribution < 1.29 is 16.6 Å². The first-order valence-corrected chi connectivity index (χ1v) is 9.62. The van der Waals surface area contributed by atoms with Gasteiger partial charge in [-0.15, -0.1) is 0 Å². The van der Waals surface area contributed by atoms with Gasteiger partial charge in [0.1, 0.15) is 0 Å². The Morgan fingerprint density at radius 3 is 1.62 bits per heavy atom. The van der Waals surface area contributed by atoms with Crippen LogP contribution in [0.15, 0.2) is 70.5 Å². The highest BCUT2D eigenvalue weighted by Crippen LogP contribution is 2.73. The maximum Gasteiger partial charge on any atom is 0.407 e. The van der Waals surface area contributed by atoms with Gasteiger partial charge < -0.3 is 0 Å². The Morgan fingerprint density at radius 2 is 1.29 bits per heavy atom. The first kappa shape index (κ1) is 14.6. The molecule has 1 fully saturated rings. The van der Waals surface area contributed by atoms with Crippen molar-refractivity contribution in [3.63, 3.8) is 0 Å². The van der Waals surface area contributed by atoms with Crippen molar-refractivity contribution in [1.82, 2.24) is 0 Å². The second-order valence-electron chi connectivity index (χ2n) is 4.92. The second-order valence-corrected chi connectivity index (χ2v) is 9.13. The third-order valence-corrected chi connectivity index (χ3v) is 8.28. The molecular formula is C15H16O4S2. The standard InChI is InChI=1S/C15H16O4S2/c16-21(17,18)19-20(15-11-12-15,13-7-3-1-4-8-13)14-9-5-2-6-10-14/h1-10,15H,11-12H2,(H,16,17,18). The molecule has 1 saturated carbocycles. The van der Waals surface area contributed by atoms with E-state index in [1.54, 1.807) is 0 Å². The van der Waals surface area contributed by atoms with Crippen molar-refractivity contribution >= 4 is 20.7 Å². The van der Waals surface area contributed by atoms with Gasteiger partial charge in [-0.3, -0.25) is 4.55 Å². The van der Waals surface area contributed by atoms with Crippen molar-refractivity contribution in [1.29, 1.82) is 0 Å². The molecule has 1 aliphatic carbocycles. The highest BCUT2D eigenvalue weighted by atomic mass is 32.3. The Balaban J connectivity index is 2.22. The van der Waals surface area contributed by atoms with E-state index in [0.29, 0.717) is 0 Å². The highest BCUT2D eigenvalue weighted by molar-refractivity contribution is 8.33. The average Bonchev–Trinajstić information content (AvgIpc) is 3.31. The topological polar surface area (TPSA) is 63.6 Å². The Morgan fingerprint density at radius 1 is 0.857 bits per heavy atom. The minimum Gasteiger partial charge on any atom is -0.263 e. The summed E-state index contributed by atoms with van der Waals surface area (Å²) in [4.78, 5) is 1.63. The summed E-state index contributed by atoms with van der Waals surface area (Å²) in [5.41, 5.74) is 0. The van der Waals surface area contributed by atoms with Crippen LogP contribution in [0.3, 0.4) is 0 Å². The molecule has 0 aliphatic heterocycles. The molecule has 2 aromatic carbocycles. The smallest absolute Gasteiger partial charge is 0.263 e. The van der Waals surface area contributed by atoms with Crippen LogP contribution in [-0.2, 0) is 14.0 Å². The van der Waals surface area contributed by atoms with Crippen LogP contribution >= 0.6 is 10.3 Å². The fourth-order valence-electron chi connectivity index (χ4n) is 2.44. The van der Waals surface area contributed by atoms with Crippen LogP contribution in [0.4, 0.5) is 0 Å². The minimum atomic E-state index is -4.55. The molecule has 0 unspecified atom stereocenters. The molecule has 0 heterocycles. The SMILES string of the molecule is O=S(=O)(O)OS(c1ccccc1)(c1ccccc1)C1CC1. The Hall–Kier alpha value is -1.34. The fourth-order valence-corrected chi connectivity index (χ4v) is 7.56. The number of benzene rings is 2. The normalized spacial score (nSPS) is 16.6. The molecule has 3 rings (SSSR count). The van der Waals surface area contributed by atoms with Gasteiger partial charge in [0.2, 0.25) is 0 Å². The molecule has 112 valence electrons. The minimum absolute atomic E-state index is 0.115. The summed E-state index contributed by atoms with van der Waals surface area (Å²) >= 11 is 0. The summed E-state index contributed by atoms with van der Waals surface area (Å²) < 4.78 is 37.6. The molecule has 0 aromatic heterocycles. The van der Waals surface area contributed by atoms with Gasteiger partial charge in [-0.25, -0.2) is 0 Å². The van der Waals surface area contributed by atoms with E-state index >= 15 is 0 Å². The monoisotopic (exact) mass is 324 g/mol. The van der Waals surface area contributed by atoms with Crippen molar-refractivity contribution in [2.75, 3.05) is 0 Å². The van der Waals surface area contributed by atoms with Crippen LogP contribution in [0.1, 0.15) is 12.8 Å². The van der Waals surface area contributed by atoms with Crippen molar-refractivity contribution in [3.8, 4) is 0 Å². The van der Waals surface area contributed by atoms with Crippen LogP contribution in [0, 0.1) is 0 Å². The fraction of sp³-hybridized carbons (Fsp3) is 0.200. The summed E-state index contributed by atoms with van der Waals surface area (Å²) in [6.07, 6.45) is 1.79. The van der Waals surface area contributed by atoms with Gasteiger partial charge in [0.05, 0.1) is 0 Å². The zero-order valence-electron chi connectivity index (χ0n) is 11.3. The van der Waals surface area contributed by atoms with E-state index in [4.69, 9.17) is 3.63 Å². The van der Waals surface area contributed by atoms with Crippen molar-refractivity contribution in [2.24, 2.45) is 0 Å². The number of rotatable bonds is 5. The van der Waals surface area contributed by atoms with E-state index in [1.807, 2.05) is 60.7 Å². The molecule has 1 N–H and O–H groups in total. The molecule has 4 nitrogen and oxygen atoms in total. The summed E-state index contributed by atoms with van der Waals surface area (Å²) in [5.74, 6) is 0. The highest BCUT2D eigenvalue weighted by Gasteiger charge is 2.47. The molecule has 0 saturated heterocycles. The van der Waals surface area contributed by atoms with Gasteiger partial charge in [0.25, 0.3) is 0 Å². The zero-order valence-corrected chi connectivity index (χ0v) is 12.9. The maximum absolute atomic E-state index is 11.5. The predicted octanol–water partition coefficient (Wildman–Crippen LogP) is 3.81. The molecule has 0 radical (unpaired) electrons. The Labute approximate surface area is 126 Å². The third-order valence-electron chi connectivity index (χ3n) is 3.37.